The molecule has 2 N–H and O–H groups in total. The van der Waals surface area contributed by atoms with Gasteiger partial charge in [-0.15, -0.1) is 0 Å². The van der Waals surface area contributed by atoms with E-state index >= 15 is 0 Å². The van der Waals surface area contributed by atoms with Gasteiger partial charge in [0.1, 0.15) is 0 Å². The molecule has 1 aromatic heterocycles. The van der Waals surface area contributed by atoms with Crippen LogP contribution in [0.5, 0.6) is 0 Å². The maximum absolute atomic E-state index is 11.4. The van der Waals surface area contributed by atoms with Crippen molar-refractivity contribution >= 4 is 28.5 Å². The molecule has 4 aromatic rings. The van der Waals surface area contributed by atoms with E-state index in [0.29, 0.717) is 16.6 Å². The molecule has 154 valence electrons. The van der Waals surface area contributed by atoms with Crippen LogP contribution in [0.2, 0.25) is 0 Å². The van der Waals surface area contributed by atoms with Crippen molar-refractivity contribution in [1.29, 1.82) is 0 Å². The van der Waals surface area contributed by atoms with Crippen LogP contribution < -0.4 is 5.32 Å². The molecule has 0 aliphatic rings. The van der Waals surface area contributed by atoms with E-state index in [2.05, 4.69) is 15.3 Å². The molecular formula is C23H18N4O4. The summed E-state index contributed by atoms with van der Waals surface area (Å²) >= 11 is 0. The lowest BCUT2D eigenvalue weighted by Gasteiger charge is -2.18. The molecule has 1 atom stereocenters. The lowest BCUT2D eigenvalue weighted by Crippen LogP contribution is -2.17. The smallest absolute Gasteiger partial charge is 0.305 e. The summed E-state index contributed by atoms with van der Waals surface area (Å²) in [4.78, 5) is 31.3. The number of rotatable bonds is 7. The predicted octanol–water partition coefficient (Wildman–Crippen LogP) is 4.83. The van der Waals surface area contributed by atoms with Gasteiger partial charge in [-0.1, -0.05) is 60.7 Å². The van der Waals surface area contributed by atoms with Crippen LogP contribution in [0, 0.1) is 10.1 Å². The van der Waals surface area contributed by atoms with Gasteiger partial charge in [-0.3, -0.25) is 14.9 Å². The standard InChI is InChI=1S/C23H18N4O4/c28-21(29)14-20(15-7-3-1-4-8-15)25-23-24-19-12-11-17(27(30)31)13-18(19)22(26-23)16-9-5-2-6-10-16/h1-13,20H,14H2,(H,28,29)(H,24,25,26)/t20-/m0/s1. The minimum Gasteiger partial charge on any atom is -0.481 e. The van der Waals surface area contributed by atoms with Gasteiger partial charge >= 0.3 is 5.97 Å². The quantitative estimate of drug-likeness (QED) is 0.328. The Bertz CT molecular complexity index is 1250. The molecule has 0 aliphatic heterocycles. The van der Waals surface area contributed by atoms with Crippen LogP contribution in [0.25, 0.3) is 22.2 Å². The van der Waals surface area contributed by atoms with Gasteiger partial charge in [-0.05, 0) is 11.6 Å². The molecule has 8 heteroatoms. The fraction of sp³-hybridized carbons (Fsp3) is 0.0870. The summed E-state index contributed by atoms with van der Waals surface area (Å²) < 4.78 is 0. The minimum absolute atomic E-state index is 0.0537. The summed E-state index contributed by atoms with van der Waals surface area (Å²) in [6.07, 6.45) is -0.160. The van der Waals surface area contributed by atoms with Crippen LogP contribution >= 0.6 is 0 Å². The Labute approximate surface area is 177 Å². The molecule has 8 nitrogen and oxygen atoms in total. The van der Waals surface area contributed by atoms with Crippen LogP contribution in [0.1, 0.15) is 18.0 Å². The third kappa shape index (κ3) is 4.48. The molecule has 0 bridgehead atoms. The number of nitro benzene ring substituents is 1. The van der Waals surface area contributed by atoms with E-state index in [-0.39, 0.29) is 18.1 Å². The summed E-state index contributed by atoms with van der Waals surface area (Å²) in [5.41, 5.74) is 2.55. The van der Waals surface area contributed by atoms with Crippen molar-refractivity contribution in [2.45, 2.75) is 12.5 Å². The number of hydrogen-bond acceptors (Lipinski definition) is 6. The van der Waals surface area contributed by atoms with E-state index < -0.39 is 16.9 Å². The molecular weight excluding hydrogens is 396 g/mol. The molecule has 0 saturated carbocycles. The molecule has 0 unspecified atom stereocenters. The summed E-state index contributed by atoms with van der Waals surface area (Å²) in [7, 11) is 0. The highest BCUT2D eigenvalue weighted by molar-refractivity contribution is 5.94. The largest absolute Gasteiger partial charge is 0.481 e. The van der Waals surface area contributed by atoms with Crippen molar-refractivity contribution in [2.75, 3.05) is 5.32 Å². The van der Waals surface area contributed by atoms with Gasteiger partial charge in [-0.2, -0.15) is 0 Å². The number of anilines is 1. The fourth-order valence-electron chi connectivity index (χ4n) is 3.38. The van der Waals surface area contributed by atoms with Crippen LogP contribution in [0.15, 0.2) is 78.9 Å². The molecule has 31 heavy (non-hydrogen) atoms. The number of aromatic nitrogens is 2. The lowest BCUT2D eigenvalue weighted by molar-refractivity contribution is -0.384. The number of nitrogens with zero attached hydrogens (tertiary/aromatic N) is 3. The number of carboxylic acids is 1. The van der Waals surface area contributed by atoms with Crippen molar-refractivity contribution in [3.8, 4) is 11.3 Å². The first-order chi connectivity index (χ1) is 15.0. The first-order valence-corrected chi connectivity index (χ1v) is 9.56. The zero-order valence-corrected chi connectivity index (χ0v) is 16.3. The molecule has 0 fully saturated rings. The fourth-order valence-corrected chi connectivity index (χ4v) is 3.38. The number of carbonyl (C=O) groups is 1. The summed E-state index contributed by atoms with van der Waals surface area (Å²) in [6, 6.07) is 22.4. The Morgan fingerprint density at radius 3 is 2.32 bits per heavy atom. The monoisotopic (exact) mass is 414 g/mol. The van der Waals surface area contributed by atoms with Crippen molar-refractivity contribution in [3.05, 3.63) is 94.5 Å². The summed E-state index contributed by atoms with van der Waals surface area (Å²) in [5, 5.41) is 24.3. The number of fused-ring (bicyclic) bond motifs is 1. The number of non-ortho nitro benzene ring substituents is 1. The molecule has 0 saturated heterocycles. The number of hydrogen-bond donors (Lipinski definition) is 2. The van der Waals surface area contributed by atoms with Gasteiger partial charge in [0.15, 0.2) is 0 Å². The van der Waals surface area contributed by atoms with Gasteiger partial charge in [0.05, 0.1) is 28.6 Å². The van der Waals surface area contributed by atoms with E-state index in [4.69, 9.17) is 0 Å². The molecule has 4 rings (SSSR count). The Kier molecular flexibility index (Phi) is 5.53. The Morgan fingerprint density at radius 2 is 1.68 bits per heavy atom. The number of aliphatic carboxylic acids is 1. The predicted molar refractivity (Wildman–Crippen MR) is 117 cm³/mol. The van der Waals surface area contributed by atoms with Crippen molar-refractivity contribution in [2.24, 2.45) is 0 Å². The van der Waals surface area contributed by atoms with Gasteiger partial charge in [0.2, 0.25) is 5.95 Å². The molecule has 0 aliphatic carbocycles. The van der Waals surface area contributed by atoms with Crippen LogP contribution in [-0.4, -0.2) is 26.0 Å². The van der Waals surface area contributed by atoms with Crippen molar-refractivity contribution in [3.63, 3.8) is 0 Å². The first-order valence-electron chi connectivity index (χ1n) is 9.56. The average molecular weight is 414 g/mol. The molecule has 0 radical (unpaired) electrons. The van der Waals surface area contributed by atoms with E-state index in [1.807, 2.05) is 60.7 Å². The number of nitro groups is 1. The first kappa shape index (κ1) is 20.0. The normalized spacial score (nSPS) is 11.7. The van der Waals surface area contributed by atoms with Crippen molar-refractivity contribution < 1.29 is 14.8 Å². The highest BCUT2D eigenvalue weighted by atomic mass is 16.6. The average Bonchev–Trinajstić information content (AvgIpc) is 2.78. The SMILES string of the molecule is O=C(O)C[C@H](Nc1nc(-c2ccccc2)c2cc([N+](=O)[O-])ccc2n1)c1ccccc1. The lowest BCUT2D eigenvalue weighted by atomic mass is 10.0. The maximum Gasteiger partial charge on any atom is 0.305 e. The number of nitrogens with one attached hydrogen (secondary N) is 1. The second-order valence-corrected chi connectivity index (χ2v) is 6.93. The van der Waals surface area contributed by atoms with E-state index in [0.717, 1.165) is 11.1 Å². The molecule has 1 heterocycles. The topological polar surface area (TPSA) is 118 Å². The van der Waals surface area contributed by atoms with E-state index in [1.54, 1.807) is 6.07 Å². The van der Waals surface area contributed by atoms with Crippen molar-refractivity contribution in [1.82, 2.24) is 9.97 Å². The molecule has 3 aromatic carbocycles. The van der Waals surface area contributed by atoms with Gasteiger partial charge < -0.3 is 10.4 Å². The Morgan fingerprint density at radius 1 is 1.00 bits per heavy atom. The third-order valence-corrected chi connectivity index (χ3v) is 4.82. The number of benzene rings is 3. The second kappa shape index (κ2) is 8.58. The van der Waals surface area contributed by atoms with E-state index in [9.17, 15) is 20.0 Å². The highest BCUT2D eigenvalue weighted by Crippen LogP contribution is 2.31. The molecule has 0 spiro atoms. The Balaban J connectivity index is 1.83. The minimum atomic E-state index is -0.957. The zero-order valence-electron chi connectivity index (χ0n) is 16.3. The van der Waals surface area contributed by atoms with Gasteiger partial charge in [0.25, 0.3) is 5.69 Å². The summed E-state index contributed by atoms with van der Waals surface area (Å²) in [6.45, 7) is 0. The number of carboxylic acid groups (broad SMARTS) is 1. The van der Waals surface area contributed by atoms with Gasteiger partial charge in [-0.25, -0.2) is 9.97 Å². The zero-order chi connectivity index (χ0) is 21.8. The molecule has 0 amide bonds. The summed E-state index contributed by atoms with van der Waals surface area (Å²) in [5.74, 6) is -0.712. The van der Waals surface area contributed by atoms with Crippen LogP contribution in [0.3, 0.4) is 0 Å². The Hall–Kier alpha value is -4.33. The van der Waals surface area contributed by atoms with Gasteiger partial charge in [0, 0.05) is 23.1 Å². The van der Waals surface area contributed by atoms with Crippen LogP contribution in [0.4, 0.5) is 11.6 Å². The third-order valence-electron chi connectivity index (χ3n) is 4.82. The van der Waals surface area contributed by atoms with E-state index in [1.165, 1.54) is 12.1 Å². The highest BCUT2D eigenvalue weighted by Gasteiger charge is 2.19. The van der Waals surface area contributed by atoms with Crippen LogP contribution in [-0.2, 0) is 4.79 Å². The maximum atomic E-state index is 11.4. The second-order valence-electron chi connectivity index (χ2n) is 6.93.